The molecule has 0 saturated carbocycles. The van der Waals surface area contributed by atoms with Crippen LogP contribution in [0.25, 0.3) is 0 Å². The lowest BCUT2D eigenvalue weighted by Gasteiger charge is -2.01. The van der Waals surface area contributed by atoms with Gasteiger partial charge < -0.3 is 4.74 Å². The second kappa shape index (κ2) is 5.37. The Morgan fingerprint density at radius 2 is 2.21 bits per heavy atom. The molecule has 1 rings (SSSR count). The van der Waals surface area contributed by atoms with Gasteiger partial charge in [0.1, 0.15) is 13.0 Å². The molecule has 0 N–H and O–H groups in total. The van der Waals surface area contributed by atoms with Gasteiger partial charge >= 0.3 is 5.97 Å². The molecule has 0 unspecified atom stereocenters. The van der Waals surface area contributed by atoms with E-state index >= 15 is 0 Å². The summed E-state index contributed by atoms with van der Waals surface area (Å²) in [6, 6.07) is 5.83. The van der Waals surface area contributed by atoms with Crippen molar-refractivity contribution in [2.24, 2.45) is 0 Å². The van der Waals surface area contributed by atoms with Crippen molar-refractivity contribution < 1.29 is 14.1 Å². The Balaban J connectivity index is 2.70. The second-order valence-corrected chi connectivity index (χ2v) is 2.96. The Kier molecular flexibility index (Phi) is 4.11. The SMILES string of the molecule is CCOC(=O)Cc1cccc[n+]1CC. The fourth-order valence-electron chi connectivity index (χ4n) is 1.34. The van der Waals surface area contributed by atoms with Gasteiger partial charge in [-0.25, -0.2) is 4.57 Å². The van der Waals surface area contributed by atoms with Gasteiger partial charge in [-0.2, -0.15) is 0 Å². The van der Waals surface area contributed by atoms with E-state index in [4.69, 9.17) is 4.74 Å². The molecule has 0 aromatic carbocycles. The molecule has 0 bridgehead atoms. The van der Waals surface area contributed by atoms with Crippen LogP contribution in [0.1, 0.15) is 19.5 Å². The third kappa shape index (κ3) is 2.83. The lowest BCUT2D eigenvalue weighted by molar-refractivity contribution is -0.700. The van der Waals surface area contributed by atoms with E-state index in [0.717, 1.165) is 12.2 Å². The van der Waals surface area contributed by atoms with Crippen LogP contribution in [0, 0.1) is 0 Å². The molecule has 0 fully saturated rings. The Hall–Kier alpha value is -1.38. The Morgan fingerprint density at radius 3 is 2.86 bits per heavy atom. The van der Waals surface area contributed by atoms with Crippen LogP contribution >= 0.6 is 0 Å². The van der Waals surface area contributed by atoms with Crippen LogP contribution in [0.5, 0.6) is 0 Å². The van der Waals surface area contributed by atoms with Gasteiger partial charge in [0.2, 0.25) is 0 Å². The summed E-state index contributed by atoms with van der Waals surface area (Å²) in [4.78, 5) is 11.2. The summed E-state index contributed by atoms with van der Waals surface area (Å²) in [6.07, 6.45) is 2.32. The number of pyridine rings is 1. The molecule has 0 aliphatic carbocycles. The van der Waals surface area contributed by atoms with Crippen molar-refractivity contribution >= 4 is 5.97 Å². The highest BCUT2D eigenvalue weighted by Crippen LogP contribution is 1.95. The average Bonchev–Trinajstić information content (AvgIpc) is 2.19. The van der Waals surface area contributed by atoms with E-state index in [1.807, 2.05) is 35.9 Å². The molecule has 0 amide bonds. The van der Waals surface area contributed by atoms with Gasteiger partial charge in [0.25, 0.3) is 0 Å². The third-order valence-electron chi connectivity index (χ3n) is 2.01. The molecule has 0 atom stereocenters. The maximum atomic E-state index is 11.2. The Labute approximate surface area is 84.3 Å². The van der Waals surface area contributed by atoms with Crippen LogP contribution in [0.2, 0.25) is 0 Å². The molecule has 3 nitrogen and oxygen atoms in total. The molecule has 3 heteroatoms. The van der Waals surface area contributed by atoms with Crippen molar-refractivity contribution in [3.05, 3.63) is 30.1 Å². The van der Waals surface area contributed by atoms with Crippen LogP contribution in [-0.2, 0) is 22.5 Å². The molecule has 1 aromatic heterocycles. The highest BCUT2D eigenvalue weighted by molar-refractivity contribution is 5.71. The van der Waals surface area contributed by atoms with E-state index in [9.17, 15) is 4.79 Å². The van der Waals surface area contributed by atoms with E-state index in [2.05, 4.69) is 6.92 Å². The number of aryl methyl sites for hydroxylation is 1. The van der Waals surface area contributed by atoms with Gasteiger partial charge in [0.15, 0.2) is 11.9 Å². The molecular weight excluding hydrogens is 178 g/mol. The van der Waals surface area contributed by atoms with E-state index < -0.39 is 0 Å². The fourth-order valence-corrected chi connectivity index (χ4v) is 1.34. The first-order chi connectivity index (χ1) is 6.77. The summed E-state index contributed by atoms with van der Waals surface area (Å²) in [5.41, 5.74) is 0.994. The Bertz CT molecular complexity index is 310. The van der Waals surface area contributed by atoms with Crippen molar-refractivity contribution in [2.45, 2.75) is 26.8 Å². The fraction of sp³-hybridized carbons (Fsp3) is 0.455. The van der Waals surface area contributed by atoms with E-state index in [1.54, 1.807) is 0 Å². The monoisotopic (exact) mass is 194 g/mol. The highest BCUT2D eigenvalue weighted by Gasteiger charge is 2.12. The summed E-state index contributed by atoms with van der Waals surface area (Å²) >= 11 is 0. The molecular formula is C11H16NO2+. The molecule has 14 heavy (non-hydrogen) atoms. The zero-order valence-corrected chi connectivity index (χ0v) is 8.69. The maximum absolute atomic E-state index is 11.2. The number of hydrogen-bond donors (Lipinski definition) is 0. The number of aromatic nitrogens is 1. The minimum Gasteiger partial charge on any atom is -0.466 e. The number of hydrogen-bond acceptors (Lipinski definition) is 2. The molecule has 76 valence electrons. The number of ether oxygens (including phenoxy) is 1. The van der Waals surface area contributed by atoms with Gasteiger partial charge in [-0.1, -0.05) is 6.07 Å². The zero-order valence-electron chi connectivity index (χ0n) is 8.69. The van der Waals surface area contributed by atoms with Crippen LogP contribution in [-0.4, -0.2) is 12.6 Å². The van der Waals surface area contributed by atoms with Crippen molar-refractivity contribution in [1.29, 1.82) is 0 Å². The lowest BCUT2D eigenvalue weighted by Crippen LogP contribution is -2.37. The standard InChI is InChI=1S/C11H16NO2/c1-3-12-8-6-5-7-10(12)9-11(13)14-4-2/h5-8H,3-4,9H2,1-2H3/q+1. The van der Waals surface area contributed by atoms with Crippen LogP contribution in [0.15, 0.2) is 24.4 Å². The smallest absolute Gasteiger partial charge is 0.316 e. The van der Waals surface area contributed by atoms with Crippen molar-refractivity contribution in [3.8, 4) is 0 Å². The van der Waals surface area contributed by atoms with Gasteiger partial charge in [0, 0.05) is 12.1 Å². The number of carbonyl (C=O) groups excluding carboxylic acids is 1. The normalized spacial score (nSPS) is 9.86. The largest absolute Gasteiger partial charge is 0.466 e. The minimum atomic E-state index is -0.166. The highest BCUT2D eigenvalue weighted by atomic mass is 16.5. The number of esters is 1. The first kappa shape index (κ1) is 10.7. The predicted octanol–water partition coefficient (Wildman–Crippen LogP) is 1.10. The number of nitrogens with zero attached hydrogens (tertiary/aromatic N) is 1. The van der Waals surface area contributed by atoms with E-state index in [1.165, 1.54) is 0 Å². The lowest BCUT2D eigenvalue weighted by atomic mass is 10.2. The summed E-state index contributed by atoms with van der Waals surface area (Å²) < 4.78 is 6.93. The molecule has 0 spiro atoms. The number of carbonyl (C=O) groups is 1. The van der Waals surface area contributed by atoms with Crippen molar-refractivity contribution in [1.82, 2.24) is 0 Å². The molecule has 1 aromatic rings. The first-order valence-electron chi connectivity index (χ1n) is 4.90. The predicted molar refractivity (Wildman–Crippen MR) is 52.6 cm³/mol. The van der Waals surface area contributed by atoms with Crippen molar-refractivity contribution in [3.63, 3.8) is 0 Å². The molecule has 0 aliphatic rings. The topological polar surface area (TPSA) is 30.2 Å². The molecule has 0 saturated heterocycles. The van der Waals surface area contributed by atoms with E-state index in [-0.39, 0.29) is 5.97 Å². The summed E-state index contributed by atoms with van der Waals surface area (Å²) in [6.45, 7) is 5.18. The quantitative estimate of drug-likeness (QED) is 0.530. The Morgan fingerprint density at radius 1 is 1.43 bits per heavy atom. The summed E-state index contributed by atoms with van der Waals surface area (Å²) in [5.74, 6) is -0.166. The second-order valence-electron chi connectivity index (χ2n) is 2.96. The molecule has 1 heterocycles. The average molecular weight is 194 g/mol. The first-order valence-corrected chi connectivity index (χ1v) is 4.90. The molecule has 0 radical (unpaired) electrons. The summed E-state index contributed by atoms with van der Waals surface area (Å²) in [7, 11) is 0. The zero-order chi connectivity index (χ0) is 10.4. The van der Waals surface area contributed by atoms with E-state index in [0.29, 0.717) is 13.0 Å². The van der Waals surface area contributed by atoms with Crippen LogP contribution in [0.4, 0.5) is 0 Å². The van der Waals surface area contributed by atoms with Crippen molar-refractivity contribution in [2.75, 3.05) is 6.61 Å². The van der Waals surface area contributed by atoms with Gasteiger partial charge in [-0.3, -0.25) is 4.79 Å². The van der Waals surface area contributed by atoms with Gasteiger partial charge in [-0.15, -0.1) is 0 Å². The third-order valence-corrected chi connectivity index (χ3v) is 2.01. The van der Waals surface area contributed by atoms with Crippen LogP contribution in [0.3, 0.4) is 0 Å². The summed E-state index contributed by atoms with van der Waals surface area (Å²) in [5, 5.41) is 0. The van der Waals surface area contributed by atoms with Gasteiger partial charge in [0.05, 0.1) is 6.61 Å². The molecule has 0 aliphatic heterocycles. The van der Waals surface area contributed by atoms with Crippen LogP contribution < -0.4 is 4.57 Å². The van der Waals surface area contributed by atoms with Gasteiger partial charge in [-0.05, 0) is 13.8 Å². The maximum Gasteiger partial charge on any atom is 0.316 e. The number of rotatable bonds is 4. The minimum absolute atomic E-state index is 0.166.